The molecule has 0 amide bonds. The maximum atomic E-state index is 5.90. The quantitative estimate of drug-likeness (QED) is 0.735. The summed E-state index contributed by atoms with van der Waals surface area (Å²) in [4.78, 5) is 0. The molecule has 1 aromatic heterocycles. The van der Waals surface area contributed by atoms with E-state index in [0.717, 1.165) is 27.9 Å². The van der Waals surface area contributed by atoms with Crippen LogP contribution in [0.2, 0.25) is 0 Å². The minimum absolute atomic E-state index is 0.520. The number of benzene rings is 2. The third-order valence-corrected chi connectivity index (χ3v) is 3.17. The van der Waals surface area contributed by atoms with Crippen molar-refractivity contribution in [2.45, 2.75) is 13.5 Å². The third-order valence-electron chi connectivity index (χ3n) is 3.17. The summed E-state index contributed by atoms with van der Waals surface area (Å²) in [7, 11) is 0. The van der Waals surface area contributed by atoms with Crippen LogP contribution in [0.1, 0.15) is 11.1 Å². The van der Waals surface area contributed by atoms with Gasteiger partial charge in [-0.1, -0.05) is 35.9 Å². The van der Waals surface area contributed by atoms with Crippen LogP contribution in [-0.4, -0.2) is 0 Å². The minimum atomic E-state index is 0.520. The van der Waals surface area contributed by atoms with Crippen molar-refractivity contribution in [1.82, 2.24) is 0 Å². The van der Waals surface area contributed by atoms with Gasteiger partial charge in [-0.05, 0) is 30.7 Å². The van der Waals surface area contributed by atoms with Crippen molar-refractivity contribution in [3.05, 3.63) is 59.7 Å². The average Bonchev–Trinajstić information content (AvgIpc) is 2.81. The summed E-state index contributed by atoms with van der Waals surface area (Å²) in [5.74, 6) is 0.886. The second-order valence-corrected chi connectivity index (χ2v) is 4.51. The molecule has 0 aliphatic heterocycles. The van der Waals surface area contributed by atoms with Crippen LogP contribution in [0.3, 0.4) is 0 Å². The van der Waals surface area contributed by atoms with Crippen molar-refractivity contribution in [2.75, 3.05) is 0 Å². The van der Waals surface area contributed by atoms with E-state index >= 15 is 0 Å². The van der Waals surface area contributed by atoms with Crippen molar-refractivity contribution < 1.29 is 4.42 Å². The van der Waals surface area contributed by atoms with Gasteiger partial charge >= 0.3 is 0 Å². The molecular weight excluding hydrogens is 222 g/mol. The molecule has 0 spiro atoms. The fourth-order valence-electron chi connectivity index (χ4n) is 2.23. The lowest BCUT2D eigenvalue weighted by atomic mass is 10.1. The number of hydrogen-bond acceptors (Lipinski definition) is 2. The zero-order chi connectivity index (χ0) is 12.5. The largest absolute Gasteiger partial charge is 0.456 e. The van der Waals surface area contributed by atoms with Gasteiger partial charge in [0.05, 0.1) is 0 Å². The number of hydrogen-bond donors (Lipinski definition) is 1. The van der Waals surface area contributed by atoms with E-state index in [1.807, 2.05) is 30.3 Å². The summed E-state index contributed by atoms with van der Waals surface area (Å²) >= 11 is 0. The Hall–Kier alpha value is -2.06. The van der Waals surface area contributed by atoms with Crippen molar-refractivity contribution in [3.8, 4) is 11.3 Å². The van der Waals surface area contributed by atoms with Gasteiger partial charge in [0.25, 0.3) is 0 Å². The summed E-state index contributed by atoms with van der Waals surface area (Å²) in [5, 5.41) is 1.14. The van der Waals surface area contributed by atoms with Crippen LogP contribution in [0.5, 0.6) is 0 Å². The van der Waals surface area contributed by atoms with Crippen LogP contribution in [0.4, 0.5) is 0 Å². The maximum absolute atomic E-state index is 5.90. The monoisotopic (exact) mass is 237 g/mol. The fourth-order valence-corrected chi connectivity index (χ4v) is 2.23. The molecule has 0 unspecified atom stereocenters. The summed E-state index contributed by atoms with van der Waals surface area (Å²) in [6, 6.07) is 16.4. The van der Waals surface area contributed by atoms with E-state index in [2.05, 4.69) is 25.1 Å². The first-order valence-electron chi connectivity index (χ1n) is 6.06. The molecule has 1 heterocycles. The second kappa shape index (κ2) is 4.31. The first-order valence-corrected chi connectivity index (χ1v) is 6.06. The van der Waals surface area contributed by atoms with Crippen LogP contribution in [-0.2, 0) is 6.54 Å². The highest BCUT2D eigenvalue weighted by atomic mass is 16.3. The predicted molar refractivity (Wildman–Crippen MR) is 74.3 cm³/mol. The van der Waals surface area contributed by atoms with Crippen LogP contribution < -0.4 is 5.73 Å². The zero-order valence-electron chi connectivity index (χ0n) is 10.3. The molecule has 0 fully saturated rings. The van der Waals surface area contributed by atoms with Crippen LogP contribution in [0, 0.1) is 6.92 Å². The van der Waals surface area contributed by atoms with E-state index in [0.29, 0.717) is 6.54 Å². The number of aryl methyl sites for hydroxylation is 1. The molecule has 3 rings (SSSR count). The lowest BCUT2D eigenvalue weighted by molar-refractivity contribution is 0.630. The molecule has 2 nitrogen and oxygen atoms in total. The Bertz CT molecular complexity index is 697. The molecule has 0 aliphatic rings. The molecule has 0 atom stereocenters. The predicted octanol–water partition coefficient (Wildman–Crippen LogP) is 3.87. The van der Waals surface area contributed by atoms with Crippen molar-refractivity contribution >= 4 is 11.0 Å². The Labute approximate surface area is 106 Å². The van der Waals surface area contributed by atoms with Gasteiger partial charge in [0, 0.05) is 17.5 Å². The third kappa shape index (κ3) is 1.81. The van der Waals surface area contributed by atoms with E-state index in [4.69, 9.17) is 10.2 Å². The summed E-state index contributed by atoms with van der Waals surface area (Å²) < 4.78 is 5.90. The molecule has 3 aromatic rings. The second-order valence-electron chi connectivity index (χ2n) is 4.51. The van der Waals surface area contributed by atoms with E-state index in [9.17, 15) is 0 Å². The van der Waals surface area contributed by atoms with E-state index in [-0.39, 0.29) is 0 Å². The van der Waals surface area contributed by atoms with Gasteiger partial charge in [-0.25, -0.2) is 0 Å². The molecule has 2 aromatic carbocycles. The standard InChI is InChI=1S/C16H15NO/c1-11-6-7-15-13(8-11)9-16(18-15)14-5-3-2-4-12(14)10-17/h2-9H,10,17H2,1H3. The average molecular weight is 237 g/mol. The highest BCUT2D eigenvalue weighted by molar-refractivity contribution is 5.84. The van der Waals surface area contributed by atoms with Crippen molar-refractivity contribution in [3.63, 3.8) is 0 Å². The van der Waals surface area contributed by atoms with Gasteiger partial charge < -0.3 is 10.2 Å². The lowest BCUT2D eigenvalue weighted by Gasteiger charge is -2.03. The molecule has 0 bridgehead atoms. The number of nitrogens with two attached hydrogens (primary N) is 1. The van der Waals surface area contributed by atoms with Crippen LogP contribution in [0.15, 0.2) is 52.9 Å². The lowest BCUT2D eigenvalue weighted by Crippen LogP contribution is -1.97. The Balaban J connectivity index is 2.19. The van der Waals surface area contributed by atoms with Crippen LogP contribution in [0.25, 0.3) is 22.3 Å². The first kappa shape index (κ1) is 11.1. The molecule has 0 saturated carbocycles. The number of rotatable bonds is 2. The van der Waals surface area contributed by atoms with E-state index in [1.165, 1.54) is 5.56 Å². The van der Waals surface area contributed by atoms with E-state index in [1.54, 1.807) is 0 Å². The highest BCUT2D eigenvalue weighted by Crippen LogP contribution is 2.30. The van der Waals surface area contributed by atoms with Gasteiger partial charge in [-0.3, -0.25) is 0 Å². The topological polar surface area (TPSA) is 39.2 Å². The fraction of sp³-hybridized carbons (Fsp3) is 0.125. The first-order chi connectivity index (χ1) is 8.78. The molecule has 2 N–H and O–H groups in total. The minimum Gasteiger partial charge on any atom is -0.456 e. The molecule has 18 heavy (non-hydrogen) atoms. The molecular formula is C16H15NO. The highest BCUT2D eigenvalue weighted by Gasteiger charge is 2.09. The summed E-state index contributed by atoms with van der Waals surface area (Å²) in [6.07, 6.45) is 0. The molecule has 0 saturated heterocycles. The Kier molecular flexibility index (Phi) is 2.65. The summed E-state index contributed by atoms with van der Waals surface area (Å²) in [5.41, 5.74) is 10.1. The number of furan rings is 1. The van der Waals surface area contributed by atoms with Gasteiger partial charge in [0.15, 0.2) is 0 Å². The van der Waals surface area contributed by atoms with Crippen molar-refractivity contribution in [1.29, 1.82) is 0 Å². The van der Waals surface area contributed by atoms with Gasteiger partial charge in [-0.2, -0.15) is 0 Å². The van der Waals surface area contributed by atoms with Gasteiger partial charge in [0.1, 0.15) is 11.3 Å². The van der Waals surface area contributed by atoms with Crippen molar-refractivity contribution in [2.24, 2.45) is 5.73 Å². The van der Waals surface area contributed by atoms with Crippen LogP contribution >= 0.6 is 0 Å². The maximum Gasteiger partial charge on any atom is 0.135 e. The Morgan fingerprint density at radius 2 is 1.89 bits per heavy atom. The SMILES string of the molecule is Cc1ccc2oc(-c3ccccc3CN)cc2c1. The van der Waals surface area contributed by atoms with Gasteiger partial charge in [0.2, 0.25) is 0 Å². The molecule has 2 heteroatoms. The Morgan fingerprint density at radius 1 is 1.06 bits per heavy atom. The number of fused-ring (bicyclic) bond motifs is 1. The summed E-state index contributed by atoms with van der Waals surface area (Å²) in [6.45, 7) is 2.60. The molecule has 90 valence electrons. The van der Waals surface area contributed by atoms with E-state index < -0.39 is 0 Å². The zero-order valence-corrected chi connectivity index (χ0v) is 10.3. The molecule has 0 aliphatic carbocycles. The smallest absolute Gasteiger partial charge is 0.135 e. The van der Waals surface area contributed by atoms with Gasteiger partial charge in [-0.15, -0.1) is 0 Å². The molecule has 0 radical (unpaired) electrons. The normalized spacial score (nSPS) is 11.0. The Morgan fingerprint density at radius 3 is 2.72 bits per heavy atom.